The Morgan fingerprint density at radius 1 is 1.13 bits per heavy atom. The average molecular weight is 572 g/mol. The van der Waals surface area contributed by atoms with Crippen LogP contribution in [0.5, 0.6) is 17.2 Å². The lowest BCUT2D eigenvalue weighted by molar-refractivity contribution is -0.141. The number of hydrogen-bond donors (Lipinski definition) is 1. The molecule has 3 heterocycles. The lowest BCUT2D eigenvalue weighted by atomic mass is 10.2. The standard InChI is InChI=1S/C26H22ClN3O6S2/c1-15(31)35-24-13-28-26(37-24)21-11-16-10-19(36-18-6-8-20(9-7-18)38(2,32)33)12-22(25(16)30-21)34-14-17-4-3-5-23(27)29-17/h3-12,24,30H,13-14H2,1-2H3. The van der Waals surface area contributed by atoms with E-state index < -0.39 is 9.84 Å². The molecule has 2 aromatic carbocycles. The summed E-state index contributed by atoms with van der Waals surface area (Å²) in [5.74, 6) is 1.11. The second-order valence-electron chi connectivity index (χ2n) is 8.46. The van der Waals surface area contributed by atoms with Crippen LogP contribution < -0.4 is 9.47 Å². The van der Waals surface area contributed by atoms with Crippen molar-refractivity contribution in [2.45, 2.75) is 23.9 Å². The number of aromatic nitrogens is 2. The summed E-state index contributed by atoms with van der Waals surface area (Å²) < 4.78 is 41.0. The molecule has 1 aliphatic rings. The Balaban J connectivity index is 1.46. The quantitative estimate of drug-likeness (QED) is 0.221. The average Bonchev–Trinajstić information content (AvgIpc) is 3.49. The third kappa shape index (κ3) is 6.12. The lowest BCUT2D eigenvalue weighted by Crippen LogP contribution is -2.12. The van der Waals surface area contributed by atoms with Gasteiger partial charge in [-0.1, -0.05) is 29.4 Å². The number of esters is 1. The molecule has 0 bridgehead atoms. The highest BCUT2D eigenvalue weighted by molar-refractivity contribution is 8.15. The number of rotatable bonds is 8. The van der Waals surface area contributed by atoms with Crippen LogP contribution in [0.3, 0.4) is 0 Å². The molecule has 0 saturated heterocycles. The van der Waals surface area contributed by atoms with Crippen molar-refractivity contribution in [3.8, 4) is 17.2 Å². The molecule has 0 aliphatic carbocycles. The summed E-state index contributed by atoms with van der Waals surface area (Å²) in [6, 6.07) is 17.0. The molecule has 1 N–H and O–H groups in total. The van der Waals surface area contributed by atoms with Gasteiger partial charge < -0.3 is 19.2 Å². The van der Waals surface area contributed by atoms with Gasteiger partial charge in [-0.15, -0.1) is 0 Å². The van der Waals surface area contributed by atoms with Gasteiger partial charge in [0.25, 0.3) is 0 Å². The minimum atomic E-state index is -3.32. The number of fused-ring (bicyclic) bond motifs is 1. The third-order valence-corrected chi connectivity index (χ3v) is 7.88. The summed E-state index contributed by atoms with van der Waals surface area (Å²) in [5.41, 5.74) is 1.76. The number of carbonyl (C=O) groups excluding carboxylic acids is 1. The van der Waals surface area contributed by atoms with Crippen LogP contribution in [-0.4, -0.2) is 47.6 Å². The molecule has 1 atom stereocenters. The predicted octanol–water partition coefficient (Wildman–Crippen LogP) is 5.37. The number of carbonyl (C=O) groups is 1. The molecule has 5 rings (SSSR count). The highest BCUT2D eigenvalue weighted by atomic mass is 35.5. The number of pyridine rings is 1. The minimum Gasteiger partial charge on any atom is -0.485 e. The summed E-state index contributed by atoms with van der Waals surface area (Å²) in [6.07, 6.45) is 1.15. The maximum absolute atomic E-state index is 11.8. The van der Waals surface area contributed by atoms with Crippen LogP contribution in [0.25, 0.3) is 10.9 Å². The first-order valence-corrected chi connectivity index (χ1v) is 14.6. The Morgan fingerprint density at radius 2 is 1.92 bits per heavy atom. The zero-order valence-corrected chi connectivity index (χ0v) is 22.7. The smallest absolute Gasteiger partial charge is 0.303 e. The van der Waals surface area contributed by atoms with E-state index in [-0.39, 0.29) is 22.9 Å². The molecule has 0 fully saturated rings. The number of nitrogens with one attached hydrogen (secondary N) is 1. The number of halogens is 1. The Labute approximate surface area is 228 Å². The Kier molecular flexibility index (Phi) is 7.33. The lowest BCUT2D eigenvalue weighted by Gasteiger charge is -2.11. The van der Waals surface area contributed by atoms with Crippen LogP contribution in [0.1, 0.15) is 18.3 Å². The van der Waals surface area contributed by atoms with Crippen LogP contribution in [0, 0.1) is 0 Å². The number of H-pyrrole nitrogens is 1. The van der Waals surface area contributed by atoms with Crippen molar-refractivity contribution < 1.29 is 27.4 Å². The second kappa shape index (κ2) is 10.7. The maximum Gasteiger partial charge on any atom is 0.303 e. The number of benzene rings is 2. The first kappa shape index (κ1) is 26.1. The monoisotopic (exact) mass is 571 g/mol. The van der Waals surface area contributed by atoms with E-state index in [1.165, 1.54) is 30.8 Å². The van der Waals surface area contributed by atoms with Crippen molar-refractivity contribution in [2.24, 2.45) is 4.99 Å². The number of sulfone groups is 1. The van der Waals surface area contributed by atoms with Crippen molar-refractivity contribution >= 4 is 55.1 Å². The van der Waals surface area contributed by atoms with E-state index in [1.54, 1.807) is 30.3 Å². The Morgan fingerprint density at radius 3 is 2.63 bits per heavy atom. The molecule has 0 saturated carbocycles. The van der Waals surface area contributed by atoms with Gasteiger partial charge in [0, 0.05) is 24.6 Å². The van der Waals surface area contributed by atoms with E-state index >= 15 is 0 Å². The van der Waals surface area contributed by atoms with Crippen LogP contribution in [0.2, 0.25) is 5.15 Å². The molecule has 12 heteroatoms. The summed E-state index contributed by atoms with van der Waals surface area (Å²) >= 11 is 7.38. The minimum absolute atomic E-state index is 0.167. The third-order valence-electron chi connectivity index (χ3n) is 5.46. The normalized spacial score (nSPS) is 15.3. The van der Waals surface area contributed by atoms with Crippen molar-refractivity contribution in [3.63, 3.8) is 0 Å². The largest absolute Gasteiger partial charge is 0.485 e. The zero-order valence-electron chi connectivity index (χ0n) is 20.3. The number of thioether (sulfide) groups is 1. The molecule has 196 valence electrons. The van der Waals surface area contributed by atoms with Crippen LogP contribution in [0.15, 0.2) is 70.6 Å². The molecule has 4 aromatic rings. The fraction of sp³-hybridized carbons (Fsp3) is 0.192. The predicted molar refractivity (Wildman–Crippen MR) is 146 cm³/mol. The van der Waals surface area contributed by atoms with Gasteiger partial charge in [-0.3, -0.25) is 9.79 Å². The fourth-order valence-electron chi connectivity index (χ4n) is 3.80. The van der Waals surface area contributed by atoms with E-state index in [4.69, 9.17) is 25.8 Å². The van der Waals surface area contributed by atoms with Crippen LogP contribution in [-0.2, 0) is 26.0 Å². The van der Waals surface area contributed by atoms with Crippen LogP contribution in [0.4, 0.5) is 0 Å². The van der Waals surface area contributed by atoms with Crippen molar-refractivity contribution in [3.05, 3.63) is 77.2 Å². The van der Waals surface area contributed by atoms with E-state index in [2.05, 4.69) is 15.0 Å². The van der Waals surface area contributed by atoms with Crippen LogP contribution >= 0.6 is 23.4 Å². The highest BCUT2D eigenvalue weighted by Gasteiger charge is 2.25. The number of nitrogens with zero attached hydrogens (tertiary/aromatic N) is 2. The van der Waals surface area contributed by atoms with Gasteiger partial charge in [-0.2, -0.15) is 0 Å². The number of aliphatic imine (C=N–C) groups is 1. The topological polar surface area (TPSA) is 120 Å². The van der Waals surface area contributed by atoms with Gasteiger partial charge in [-0.05, 0) is 48.5 Å². The van der Waals surface area contributed by atoms with Crippen molar-refractivity contribution in [2.75, 3.05) is 12.8 Å². The molecule has 0 amide bonds. The van der Waals surface area contributed by atoms with Gasteiger partial charge >= 0.3 is 5.97 Å². The SMILES string of the molecule is CC(=O)OC1CN=C(c2cc3cc(Oc4ccc(S(C)(=O)=O)cc4)cc(OCc4cccc(Cl)n4)c3[nH]2)S1. The first-order chi connectivity index (χ1) is 18.1. The van der Waals surface area contributed by atoms with Crippen molar-refractivity contribution in [1.29, 1.82) is 0 Å². The molecule has 2 aromatic heterocycles. The van der Waals surface area contributed by atoms with E-state index in [0.717, 1.165) is 22.9 Å². The molecule has 0 radical (unpaired) electrons. The summed E-state index contributed by atoms with van der Waals surface area (Å²) in [6.45, 7) is 1.91. The second-order valence-corrected chi connectivity index (χ2v) is 12.0. The van der Waals surface area contributed by atoms with Gasteiger partial charge in [0.1, 0.15) is 34.1 Å². The maximum atomic E-state index is 11.8. The number of ether oxygens (including phenoxy) is 3. The fourth-order valence-corrected chi connectivity index (χ4v) is 5.58. The van der Waals surface area contributed by atoms with Gasteiger partial charge in [-0.25, -0.2) is 13.4 Å². The first-order valence-electron chi connectivity index (χ1n) is 11.4. The summed E-state index contributed by atoms with van der Waals surface area (Å²) in [5, 5.41) is 1.89. The number of aromatic amines is 1. The number of hydrogen-bond acceptors (Lipinski definition) is 9. The Bertz CT molecular complexity index is 1650. The molecular weight excluding hydrogens is 550 g/mol. The molecule has 1 aliphatic heterocycles. The van der Waals surface area contributed by atoms with Gasteiger partial charge in [0.15, 0.2) is 15.3 Å². The van der Waals surface area contributed by atoms with E-state index in [1.807, 2.05) is 18.2 Å². The zero-order chi connectivity index (χ0) is 26.9. The molecule has 1 unspecified atom stereocenters. The molecule has 38 heavy (non-hydrogen) atoms. The van der Waals surface area contributed by atoms with Gasteiger partial charge in [0.05, 0.1) is 28.3 Å². The molecule has 0 spiro atoms. The summed E-state index contributed by atoms with van der Waals surface area (Å²) in [4.78, 5) is 23.7. The van der Waals surface area contributed by atoms with E-state index in [9.17, 15) is 13.2 Å². The van der Waals surface area contributed by atoms with E-state index in [0.29, 0.717) is 39.7 Å². The summed E-state index contributed by atoms with van der Waals surface area (Å²) in [7, 11) is -3.32. The molecular formula is C26H22ClN3O6S2. The molecule has 9 nitrogen and oxygen atoms in total. The Hall–Kier alpha value is -3.54. The van der Waals surface area contributed by atoms with Crippen molar-refractivity contribution in [1.82, 2.24) is 9.97 Å². The highest BCUT2D eigenvalue weighted by Crippen LogP contribution is 2.36. The van der Waals surface area contributed by atoms with Gasteiger partial charge in [0.2, 0.25) is 0 Å².